The number of nitrogens with zero attached hydrogens (tertiary/aromatic N) is 1. The van der Waals surface area contributed by atoms with Crippen LogP contribution in [0.4, 0.5) is 0 Å². The van der Waals surface area contributed by atoms with Crippen molar-refractivity contribution in [1.29, 1.82) is 0 Å². The molecule has 0 heterocycles. The molecule has 1 unspecified atom stereocenters. The molecule has 10 heavy (non-hydrogen) atoms. The second-order valence-corrected chi connectivity index (χ2v) is 2.28. The van der Waals surface area contributed by atoms with Crippen molar-refractivity contribution in [2.45, 2.75) is 12.5 Å². The molecule has 0 aromatic rings. The third-order valence-electron chi connectivity index (χ3n) is 1.36. The molecule has 0 spiro atoms. The van der Waals surface area contributed by atoms with Gasteiger partial charge in [0.25, 0.3) is 0 Å². The van der Waals surface area contributed by atoms with E-state index in [4.69, 9.17) is 5.11 Å². The van der Waals surface area contributed by atoms with Gasteiger partial charge in [0, 0.05) is 12.6 Å². The van der Waals surface area contributed by atoms with Gasteiger partial charge in [-0.25, -0.2) is 0 Å². The largest absolute Gasteiger partial charge is 0.396 e. The summed E-state index contributed by atoms with van der Waals surface area (Å²) >= 11 is 0. The maximum atomic E-state index is 8.54. The molecule has 0 saturated carbocycles. The first kappa shape index (κ1) is 12.6. The lowest BCUT2D eigenvalue weighted by Crippen LogP contribution is -2.26. The first-order chi connectivity index (χ1) is 4.22. The van der Waals surface area contributed by atoms with Gasteiger partial charge in [-0.3, -0.25) is 0 Å². The minimum absolute atomic E-state index is 0. The van der Waals surface area contributed by atoms with E-state index in [1.165, 1.54) is 0 Å². The van der Waals surface area contributed by atoms with Crippen LogP contribution in [0.1, 0.15) is 6.42 Å². The molecule has 0 amide bonds. The first-order valence-electron chi connectivity index (χ1n) is 3.12. The van der Waals surface area contributed by atoms with Gasteiger partial charge >= 0.3 is 0 Å². The number of hydrogen-bond acceptors (Lipinski definition) is 2. The van der Waals surface area contributed by atoms with E-state index in [0.717, 1.165) is 6.42 Å². The molecule has 1 atom stereocenters. The average Bonchev–Trinajstić information content (AvgIpc) is 1.82. The standard InChI is InChI=1S/C7H15NO.ClH/c1-4-7(5-6-9)8(2)3;/h4,7,9H,1,5-6H2,2-3H3;1H. The van der Waals surface area contributed by atoms with Crippen LogP contribution in [0.5, 0.6) is 0 Å². The van der Waals surface area contributed by atoms with Crippen molar-refractivity contribution >= 4 is 12.4 Å². The van der Waals surface area contributed by atoms with E-state index >= 15 is 0 Å². The second-order valence-electron chi connectivity index (χ2n) is 2.28. The molecule has 0 rings (SSSR count). The zero-order chi connectivity index (χ0) is 7.28. The number of rotatable bonds is 4. The normalized spacial score (nSPS) is 12.4. The van der Waals surface area contributed by atoms with E-state index in [1.54, 1.807) is 0 Å². The summed E-state index contributed by atoms with van der Waals surface area (Å²) < 4.78 is 0. The van der Waals surface area contributed by atoms with Crippen LogP contribution in [0, 0.1) is 0 Å². The Morgan fingerprint density at radius 2 is 2.10 bits per heavy atom. The van der Waals surface area contributed by atoms with Gasteiger partial charge in [-0.05, 0) is 20.5 Å². The van der Waals surface area contributed by atoms with Crippen molar-refractivity contribution in [3.63, 3.8) is 0 Å². The summed E-state index contributed by atoms with van der Waals surface area (Å²) in [5, 5.41) is 8.54. The lowest BCUT2D eigenvalue weighted by atomic mass is 10.2. The Morgan fingerprint density at radius 3 is 2.20 bits per heavy atom. The van der Waals surface area contributed by atoms with Crippen molar-refractivity contribution in [3.8, 4) is 0 Å². The number of hydrogen-bond donors (Lipinski definition) is 1. The molecular formula is C7H16ClNO. The van der Waals surface area contributed by atoms with Gasteiger partial charge < -0.3 is 10.0 Å². The molecular weight excluding hydrogens is 150 g/mol. The number of likely N-dealkylation sites (N-methyl/N-ethyl adjacent to an activating group) is 1. The van der Waals surface area contributed by atoms with Crippen molar-refractivity contribution in [2.75, 3.05) is 20.7 Å². The van der Waals surface area contributed by atoms with Gasteiger partial charge in [-0.15, -0.1) is 19.0 Å². The minimum atomic E-state index is 0. The first-order valence-corrected chi connectivity index (χ1v) is 3.12. The summed E-state index contributed by atoms with van der Waals surface area (Å²) in [7, 11) is 3.95. The minimum Gasteiger partial charge on any atom is -0.396 e. The predicted octanol–water partition coefficient (Wildman–Crippen LogP) is 0.907. The Labute approximate surface area is 68.9 Å². The van der Waals surface area contributed by atoms with Crippen LogP contribution in [0.15, 0.2) is 12.7 Å². The van der Waals surface area contributed by atoms with E-state index in [2.05, 4.69) is 6.58 Å². The summed E-state index contributed by atoms with van der Waals surface area (Å²) in [5.74, 6) is 0. The van der Waals surface area contributed by atoms with Crippen molar-refractivity contribution in [2.24, 2.45) is 0 Å². The molecule has 0 radical (unpaired) electrons. The lowest BCUT2D eigenvalue weighted by Gasteiger charge is -2.18. The quantitative estimate of drug-likeness (QED) is 0.626. The fourth-order valence-corrected chi connectivity index (χ4v) is 0.719. The maximum Gasteiger partial charge on any atom is 0.0449 e. The van der Waals surface area contributed by atoms with Gasteiger partial charge in [0.1, 0.15) is 0 Å². The molecule has 2 nitrogen and oxygen atoms in total. The van der Waals surface area contributed by atoms with E-state index in [-0.39, 0.29) is 19.0 Å². The predicted molar refractivity (Wildman–Crippen MR) is 46.6 cm³/mol. The number of halogens is 1. The maximum absolute atomic E-state index is 8.54. The van der Waals surface area contributed by atoms with E-state index in [1.807, 2.05) is 25.1 Å². The summed E-state index contributed by atoms with van der Waals surface area (Å²) in [5.41, 5.74) is 0. The van der Waals surface area contributed by atoms with Gasteiger partial charge in [-0.2, -0.15) is 0 Å². The third-order valence-corrected chi connectivity index (χ3v) is 1.36. The summed E-state index contributed by atoms with van der Waals surface area (Å²) in [4.78, 5) is 2.03. The topological polar surface area (TPSA) is 23.5 Å². The van der Waals surface area contributed by atoms with Crippen LogP contribution in [0.2, 0.25) is 0 Å². The Hall–Kier alpha value is -0.0500. The fourth-order valence-electron chi connectivity index (χ4n) is 0.719. The molecule has 62 valence electrons. The monoisotopic (exact) mass is 165 g/mol. The molecule has 0 bridgehead atoms. The summed E-state index contributed by atoms with van der Waals surface area (Å²) in [6, 6.07) is 0.315. The Bertz CT molecular complexity index is 85.7. The van der Waals surface area contributed by atoms with E-state index in [9.17, 15) is 0 Å². The molecule has 0 aliphatic heterocycles. The van der Waals surface area contributed by atoms with Crippen LogP contribution < -0.4 is 0 Å². The molecule has 0 aromatic heterocycles. The lowest BCUT2D eigenvalue weighted by molar-refractivity contribution is 0.234. The Morgan fingerprint density at radius 1 is 1.60 bits per heavy atom. The van der Waals surface area contributed by atoms with E-state index < -0.39 is 0 Å². The molecule has 1 N–H and O–H groups in total. The highest BCUT2D eigenvalue weighted by atomic mass is 35.5. The SMILES string of the molecule is C=CC(CCO)N(C)C.Cl. The summed E-state index contributed by atoms with van der Waals surface area (Å²) in [6.45, 7) is 3.88. The highest BCUT2D eigenvalue weighted by Gasteiger charge is 2.03. The van der Waals surface area contributed by atoms with Crippen molar-refractivity contribution in [1.82, 2.24) is 4.90 Å². The number of aliphatic hydroxyl groups excluding tert-OH is 1. The Balaban J connectivity index is 0. The van der Waals surface area contributed by atoms with Crippen molar-refractivity contribution in [3.05, 3.63) is 12.7 Å². The van der Waals surface area contributed by atoms with Crippen LogP contribution in [0.3, 0.4) is 0 Å². The fraction of sp³-hybridized carbons (Fsp3) is 0.714. The zero-order valence-corrected chi connectivity index (χ0v) is 7.40. The van der Waals surface area contributed by atoms with Crippen molar-refractivity contribution < 1.29 is 5.11 Å². The molecule has 0 aliphatic carbocycles. The number of aliphatic hydroxyl groups is 1. The second kappa shape index (κ2) is 7.06. The molecule has 0 saturated heterocycles. The zero-order valence-electron chi connectivity index (χ0n) is 6.58. The summed E-state index contributed by atoms with van der Waals surface area (Å²) in [6.07, 6.45) is 2.62. The van der Waals surface area contributed by atoms with Crippen LogP contribution in [0.25, 0.3) is 0 Å². The van der Waals surface area contributed by atoms with Crippen LogP contribution in [-0.4, -0.2) is 36.8 Å². The van der Waals surface area contributed by atoms with Crippen LogP contribution >= 0.6 is 12.4 Å². The third kappa shape index (κ3) is 4.79. The molecule has 0 aliphatic rings. The van der Waals surface area contributed by atoms with E-state index in [0.29, 0.717) is 6.04 Å². The molecule has 0 aromatic carbocycles. The molecule has 3 heteroatoms. The van der Waals surface area contributed by atoms with Gasteiger partial charge in [0.2, 0.25) is 0 Å². The molecule has 0 fully saturated rings. The van der Waals surface area contributed by atoms with Gasteiger partial charge in [0.05, 0.1) is 0 Å². The van der Waals surface area contributed by atoms with Crippen LogP contribution in [-0.2, 0) is 0 Å². The Kier molecular flexibility index (Phi) is 8.91. The van der Waals surface area contributed by atoms with Gasteiger partial charge in [-0.1, -0.05) is 6.08 Å². The van der Waals surface area contributed by atoms with Gasteiger partial charge in [0.15, 0.2) is 0 Å². The average molecular weight is 166 g/mol. The highest BCUT2D eigenvalue weighted by molar-refractivity contribution is 5.85. The smallest absolute Gasteiger partial charge is 0.0449 e. The highest BCUT2D eigenvalue weighted by Crippen LogP contribution is 1.98.